The number of benzene rings is 1. The van der Waals surface area contributed by atoms with E-state index < -0.39 is 0 Å². The molecule has 0 radical (unpaired) electrons. The maximum absolute atomic E-state index is 13.5. The van der Waals surface area contributed by atoms with Crippen LogP contribution in [0, 0.1) is 42.3 Å². The minimum Gasteiger partial charge on any atom is -0.337 e. The number of nitriles is 2. The average Bonchev–Trinajstić information content (AvgIpc) is 3.44. The Morgan fingerprint density at radius 3 is 2.81 bits per heavy atom. The molecule has 3 heterocycles. The molecule has 32 heavy (non-hydrogen) atoms. The van der Waals surface area contributed by atoms with Gasteiger partial charge in [-0.2, -0.15) is 10.5 Å². The van der Waals surface area contributed by atoms with E-state index in [2.05, 4.69) is 26.7 Å². The lowest BCUT2D eigenvalue weighted by Gasteiger charge is -2.10. The third-order valence-corrected chi connectivity index (χ3v) is 7.33. The molecular weight excluding hydrogens is 421 g/mol. The van der Waals surface area contributed by atoms with Crippen LogP contribution in [0.25, 0.3) is 27.7 Å². The van der Waals surface area contributed by atoms with Crippen molar-refractivity contribution in [3.05, 3.63) is 68.9 Å². The van der Waals surface area contributed by atoms with Crippen molar-refractivity contribution in [3.63, 3.8) is 0 Å². The van der Waals surface area contributed by atoms with Crippen molar-refractivity contribution in [2.45, 2.75) is 39.5 Å². The van der Waals surface area contributed by atoms with Gasteiger partial charge in [0.1, 0.15) is 28.8 Å². The van der Waals surface area contributed by atoms with E-state index >= 15 is 0 Å². The molecule has 0 saturated heterocycles. The third-order valence-electron chi connectivity index (χ3n) is 6.06. The Kier molecular flexibility index (Phi) is 4.92. The zero-order valence-corrected chi connectivity index (χ0v) is 18.6. The van der Waals surface area contributed by atoms with E-state index in [0.717, 1.165) is 46.8 Å². The summed E-state index contributed by atoms with van der Waals surface area (Å²) in [5, 5.41) is 20.6. The molecular formula is C25H20FN5S. The fourth-order valence-electron chi connectivity index (χ4n) is 4.49. The molecule has 3 aromatic heterocycles. The van der Waals surface area contributed by atoms with Gasteiger partial charge in [-0.3, -0.25) is 0 Å². The maximum Gasteiger partial charge on any atom is 0.149 e. The number of allylic oxidation sites excluding steroid dienone is 1. The number of imidazole rings is 1. The fraction of sp³-hybridized carbons (Fsp3) is 0.240. The van der Waals surface area contributed by atoms with Gasteiger partial charge in [-0.15, -0.1) is 11.3 Å². The van der Waals surface area contributed by atoms with Gasteiger partial charge in [-0.25, -0.2) is 9.37 Å². The van der Waals surface area contributed by atoms with Gasteiger partial charge < -0.3 is 9.55 Å². The second kappa shape index (κ2) is 7.78. The van der Waals surface area contributed by atoms with Crippen LogP contribution in [0.2, 0.25) is 0 Å². The number of fused-ring (bicyclic) bond motifs is 2. The van der Waals surface area contributed by atoms with Gasteiger partial charge in [-0.05, 0) is 81.0 Å². The highest BCUT2D eigenvalue weighted by molar-refractivity contribution is 7.15. The number of rotatable bonds is 3. The van der Waals surface area contributed by atoms with Gasteiger partial charge >= 0.3 is 0 Å². The predicted molar refractivity (Wildman–Crippen MR) is 124 cm³/mol. The second-order valence-electron chi connectivity index (χ2n) is 8.08. The normalized spacial score (nSPS) is 13.7. The lowest BCUT2D eigenvalue weighted by molar-refractivity contribution is 0.629. The molecule has 1 aromatic carbocycles. The lowest BCUT2D eigenvalue weighted by Crippen LogP contribution is -2.02. The van der Waals surface area contributed by atoms with Crippen molar-refractivity contribution in [2.75, 3.05) is 0 Å². The molecule has 0 atom stereocenters. The summed E-state index contributed by atoms with van der Waals surface area (Å²) in [5.74, 6) is 0.0490. The first-order valence-corrected chi connectivity index (χ1v) is 11.3. The van der Waals surface area contributed by atoms with Crippen molar-refractivity contribution >= 4 is 34.0 Å². The van der Waals surface area contributed by atoms with Crippen molar-refractivity contribution in [1.82, 2.24) is 14.5 Å². The predicted octanol–water partition coefficient (Wildman–Crippen LogP) is 5.99. The highest BCUT2D eigenvalue weighted by atomic mass is 32.1. The van der Waals surface area contributed by atoms with Gasteiger partial charge in [-0.1, -0.05) is 0 Å². The van der Waals surface area contributed by atoms with Crippen molar-refractivity contribution in [2.24, 2.45) is 0 Å². The molecule has 5 nitrogen and oxygen atoms in total. The largest absolute Gasteiger partial charge is 0.337 e. The Bertz CT molecular complexity index is 1490. The van der Waals surface area contributed by atoms with E-state index in [4.69, 9.17) is 0 Å². The van der Waals surface area contributed by atoms with Crippen LogP contribution >= 0.6 is 11.3 Å². The maximum atomic E-state index is 13.5. The lowest BCUT2D eigenvalue weighted by atomic mass is 9.96. The number of aryl methyl sites for hydroxylation is 2. The quantitative estimate of drug-likeness (QED) is 0.397. The van der Waals surface area contributed by atoms with E-state index in [-0.39, 0.29) is 5.82 Å². The van der Waals surface area contributed by atoms with E-state index in [1.165, 1.54) is 29.0 Å². The number of aromatic amines is 1. The summed E-state index contributed by atoms with van der Waals surface area (Å²) in [6, 6.07) is 11.0. The standard InChI is InChI=1S/C25H20FN5S/c1-14-9-16(10-17(12-27)24-29-21-8-7-18(26)11-22(21)30-24)15(2)31(14)25-20(13-28)19-5-3-4-6-23(19)32-25/h7-11H,3-6H2,1-2H3,(H,29,30)/b17-10-. The molecule has 1 aliphatic rings. The van der Waals surface area contributed by atoms with E-state index in [1.54, 1.807) is 23.5 Å². The van der Waals surface area contributed by atoms with Crippen LogP contribution in [0.1, 0.15) is 51.6 Å². The van der Waals surface area contributed by atoms with Crippen molar-refractivity contribution in [1.29, 1.82) is 10.5 Å². The number of nitrogens with zero attached hydrogens (tertiary/aromatic N) is 4. The Labute approximate surface area is 189 Å². The number of hydrogen-bond donors (Lipinski definition) is 1. The first-order chi connectivity index (χ1) is 15.5. The van der Waals surface area contributed by atoms with Crippen molar-refractivity contribution < 1.29 is 4.39 Å². The summed E-state index contributed by atoms with van der Waals surface area (Å²) in [5.41, 5.74) is 6.37. The molecule has 1 N–H and O–H groups in total. The molecule has 0 amide bonds. The summed E-state index contributed by atoms with van der Waals surface area (Å²) in [7, 11) is 0. The number of thiophene rings is 1. The molecule has 0 spiro atoms. The summed E-state index contributed by atoms with van der Waals surface area (Å²) < 4.78 is 15.7. The first kappa shape index (κ1) is 20.2. The Hall–Kier alpha value is -3.68. The summed E-state index contributed by atoms with van der Waals surface area (Å²) >= 11 is 1.71. The number of nitrogens with one attached hydrogen (secondary N) is 1. The topological polar surface area (TPSA) is 81.2 Å². The van der Waals surface area contributed by atoms with Crippen LogP contribution in [0.15, 0.2) is 24.3 Å². The van der Waals surface area contributed by atoms with Crippen LogP contribution in [0.5, 0.6) is 0 Å². The summed E-state index contributed by atoms with van der Waals surface area (Å²) in [6.07, 6.45) is 6.09. The van der Waals surface area contributed by atoms with Crippen LogP contribution in [0.4, 0.5) is 4.39 Å². The van der Waals surface area contributed by atoms with E-state index in [1.807, 2.05) is 19.9 Å². The number of aromatic nitrogens is 3. The molecule has 158 valence electrons. The Balaban J connectivity index is 1.61. The highest BCUT2D eigenvalue weighted by Crippen LogP contribution is 2.38. The van der Waals surface area contributed by atoms with Crippen LogP contribution in [-0.4, -0.2) is 14.5 Å². The molecule has 7 heteroatoms. The fourth-order valence-corrected chi connectivity index (χ4v) is 5.94. The summed E-state index contributed by atoms with van der Waals surface area (Å²) in [6.45, 7) is 4.02. The second-order valence-corrected chi connectivity index (χ2v) is 9.17. The molecule has 0 aliphatic heterocycles. The molecule has 4 aromatic rings. The van der Waals surface area contributed by atoms with E-state index in [0.29, 0.717) is 22.4 Å². The Morgan fingerprint density at radius 2 is 2.03 bits per heavy atom. The van der Waals surface area contributed by atoms with Gasteiger partial charge in [0.15, 0.2) is 0 Å². The summed E-state index contributed by atoms with van der Waals surface area (Å²) in [4.78, 5) is 8.81. The molecule has 0 unspecified atom stereocenters. The van der Waals surface area contributed by atoms with Gasteiger partial charge in [0, 0.05) is 16.3 Å². The van der Waals surface area contributed by atoms with Gasteiger partial charge in [0.25, 0.3) is 0 Å². The molecule has 0 saturated carbocycles. The zero-order chi connectivity index (χ0) is 22.4. The SMILES string of the molecule is Cc1cc(/C=C(/C#N)c2nc3ccc(F)cc3[nH]2)c(C)n1-c1sc2c(c1C#N)CCCC2. The molecule has 0 bridgehead atoms. The first-order valence-electron chi connectivity index (χ1n) is 10.5. The minimum atomic E-state index is -0.356. The van der Waals surface area contributed by atoms with E-state index in [9.17, 15) is 14.9 Å². The monoisotopic (exact) mass is 441 g/mol. The van der Waals surface area contributed by atoms with Crippen molar-refractivity contribution in [3.8, 4) is 17.1 Å². The van der Waals surface area contributed by atoms with Crippen LogP contribution in [0.3, 0.4) is 0 Å². The smallest absolute Gasteiger partial charge is 0.149 e. The average molecular weight is 442 g/mol. The Morgan fingerprint density at radius 1 is 1.22 bits per heavy atom. The number of H-pyrrole nitrogens is 1. The van der Waals surface area contributed by atoms with Gasteiger partial charge in [0.05, 0.1) is 22.2 Å². The molecule has 5 rings (SSSR count). The highest BCUT2D eigenvalue weighted by Gasteiger charge is 2.24. The molecule has 1 aliphatic carbocycles. The third kappa shape index (κ3) is 3.23. The number of hydrogen-bond acceptors (Lipinski definition) is 4. The minimum absolute atomic E-state index is 0.356. The van der Waals surface area contributed by atoms with Gasteiger partial charge in [0.2, 0.25) is 0 Å². The number of halogens is 1. The van der Waals surface area contributed by atoms with Crippen LogP contribution in [-0.2, 0) is 12.8 Å². The molecule has 0 fully saturated rings. The zero-order valence-electron chi connectivity index (χ0n) is 17.8. The van der Waals surface area contributed by atoms with Crippen LogP contribution < -0.4 is 0 Å².